The zero-order chi connectivity index (χ0) is 19.2. The minimum absolute atomic E-state index is 0.0295. The number of carboxylic acid groups (broad SMARTS) is 1. The van der Waals surface area contributed by atoms with Crippen LogP contribution in [0.3, 0.4) is 0 Å². The van der Waals surface area contributed by atoms with Gasteiger partial charge in [-0.1, -0.05) is 6.92 Å². The van der Waals surface area contributed by atoms with Gasteiger partial charge in [-0.2, -0.15) is 0 Å². The molecule has 1 aromatic heterocycles. The molecule has 0 fully saturated rings. The van der Waals surface area contributed by atoms with Gasteiger partial charge in [0.25, 0.3) is 0 Å². The number of ether oxygens (including phenoxy) is 1. The summed E-state index contributed by atoms with van der Waals surface area (Å²) in [6.07, 6.45) is 0.449. The Bertz CT molecular complexity index is 725. The van der Waals surface area contributed by atoms with Crippen molar-refractivity contribution in [1.29, 1.82) is 0 Å². The number of aromatic carboxylic acids is 1. The van der Waals surface area contributed by atoms with Crippen molar-refractivity contribution in [3.8, 4) is 0 Å². The smallest absolute Gasteiger partial charge is 0.339 e. The molecule has 0 aliphatic carbocycles. The molecule has 10 heteroatoms. The first-order chi connectivity index (χ1) is 11.6. The van der Waals surface area contributed by atoms with Gasteiger partial charge in [-0.05, 0) is 32.8 Å². The zero-order valence-electron chi connectivity index (χ0n) is 14.7. The number of hydrogen-bond donors (Lipinski definition) is 3. The summed E-state index contributed by atoms with van der Waals surface area (Å²) in [7, 11) is -3.65. The molecule has 1 aromatic rings. The second kappa shape index (κ2) is 9.27. The van der Waals surface area contributed by atoms with Crippen LogP contribution in [0, 0.1) is 6.92 Å². The monoisotopic (exact) mass is 392 g/mol. The number of nitrogens with one attached hydrogen (secondary N) is 2. The van der Waals surface area contributed by atoms with Crippen molar-refractivity contribution in [2.24, 2.45) is 0 Å². The van der Waals surface area contributed by atoms with Crippen molar-refractivity contribution in [2.45, 2.75) is 40.2 Å². The summed E-state index contributed by atoms with van der Waals surface area (Å²) < 4.78 is 30.9. The van der Waals surface area contributed by atoms with Crippen LogP contribution >= 0.6 is 11.3 Å². The van der Waals surface area contributed by atoms with E-state index in [4.69, 9.17) is 4.74 Å². The van der Waals surface area contributed by atoms with Crippen molar-refractivity contribution in [3.63, 3.8) is 0 Å². The Morgan fingerprint density at radius 1 is 1.32 bits per heavy atom. The Hall–Kier alpha value is -1.49. The molecular weight excluding hydrogens is 368 g/mol. The Balaban J connectivity index is 2.67. The minimum atomic E-state index is -3.65. The molecule has 0 bridgehead atoms. The first-order valence-corrected chi connectivity index (χ1v) is 10.3. The summed E-state index contributed by atoms with van der Waals surface area (Å²) in [4.78, 5) is 24.2. The number of sulfonamides is 1. The van der Waals surface area contributed by atoms with Crippen LogP contribution in [-0.4, -0.2) is 50.4 Å². The molecule has 0 spiro atoms. The first-order valence-electron chi connectivity index (χ1n) is 7.81. The quantitative estimate of drug-likeness (QED) is 0.556. The van der Waals surface area contributed by atoms with Crippen LogP contribution in [0.15, 0.2) is 0 Å². The molecule has 0 atom stereocenters. The topological polar surface area (TPSA) is 122 Å². The van der Waals surface area contributed by atoms with Gasteiger partial charge < -0.3 is 15.2 Å². The molecule has 25 heavy (non-hydrogen) atoms. The van der Waals surface area contributed by atoms with Crippen molar-refractivity contribution < 1.29 is 27.9 Å². The van der Waals surface area contributed by atoms with Gasteiger partial charge in [-0.25, -0.2) is 17.9 Å². The number of amides is 1. The number of aryl methyl sites for hydroxylation is 1. The Morgan fingerprint density at radius 2 is 1.96 bits per heavy atom. The van der Waals surface area contributed by atoms with Gasteiger partial charge in [0, 0.05) is 4.88 Å². The van der Waals surface area contributed by atoms with E-state index in [9.17, 15) is 23.1 Å². The van der Waals surface area contributed by atoms with Crippen LogP contribution in [0.25, 0.3) is 0 Å². The molecule has 1 heterocycles. The molecule has 1 amide bonds. The predicted octanol–water partition coefficient (Wildman–Crippen LogP) is 1.60. The van der Waals surface area contributed by atoms with Gasteiger partial charge in [0.05, 0.1) is 30.6 Å². The maximum absolute atomic E-state index is 12.0. The number of hydrogen-bond acceptors (Lipinski definition) is 6. The molecule has 0 radical (unpaired) electrons. The summed E-state index contributed by atoms with van der Waals surface area (Å²) in [5, 5.41) is 12.0. The standard InChI is InChI=1S/C15H24N2O6S2/c1-5-11-10(4)24-14(13(11)15(19)20)17-12(18)8-16-25(21,22)7-6-23-9(2)3/h9,16H,5-8H2,1-4H3,(H,17,18)(H,19,20). The molecular formula is C15H24N2O6S2. The fourth-order valence-corrected chi connectivity index (χ4v) is 4.09. The molecule has 8 nitrogen and oxygen atoms in total. The Morgan fingerprint density at radius 3 is 2.48 bits per heavy atom. The van der Waals surface area contributed by atoms with Crippen molar-refractivity contribution >= 4 is 38.2 Å². The van der Waals surface area contributed by atoms with Crippen molar-refractivity contribution in [1.82, 2.24) is 4.72 Å². The summed E-state index contributed by atoms with van der Waals surface area (Å²) in [5.41, 5.74) is 0.728. The van der Waals surface area contributed by atoms with Crippen LogP contribution in [0.1, 0.15) is 41.6 Å². The van der Waals surface area contributed by atoms with Crippen LogP contribution in [-0.2, 0) is 26.0 Å². The lowest BCUT2D eigenvalue weighted by Crippen LogP contribution is -2.35. The van der Waals surface area contributed by atoms with Gasteiger partial charge in [0.15, 0.2) is 0 Å². The second-order valence-corrected chi connectivity index (χ2v) is 8.76. The molecule has 0 aliphatic heterocycles. The van der Waals surface area contributed by atoms with Crippen LogP contribution in [0.5, 0.6) is 0 Å². The fourth-order valence-electron chi connectivity index (χ4n) is 2.13. The van der Waals surface area contributed by atoms with Gasteiger partial charge in [0.1, 0.15) is 5.00 Å². The summed E-state index contributed by atoms with van der Waals surface area (Å²) >= 11 is 1.16. The highest BCUT2D eigenvalue weighted by atomic mass is 32.2. The van der Waals surface area contributed by atoms with Crippen LogP contribution < -0.4 is 10.0 Å². The molecule has 1 rings (SSSR count). The van der Waals surface area contributed by atoms with E-state index >= 15 is 0 Å². The average molecular weight is 392 g/mol. The second-order valence-electron chi connectivity index (χ2n) is 5.61. The van der Waals surface area contributed by atoms with Crippen LogP contribution in [0.2, 0.25) is 0 Å². The summed E-state index contributed by atoms with van der Waals surface area (Å²) in [6.45, 7) is 6.76. The maximum Gasteiger partial charge on any atom is 0.339 e. The van der Waals surface area contributed by atoms with E-state index < -0.39 is 28.4 Å². The Labute approximate surface area is 151 Å². The van der Waals surface area contributed by atoms with Crippen molar-refractivity contribution in [2.75, 3.05) is 24.2 Å². The lowest BCUT2D eigenvalue weighted by molar-refractivity contribution is -0.115. The van der Waals surface area contributed by atoms with Crippen molar-refractivity contribution in [3.05, 3.63) is 16.0 Å². The van der Waals surface area contributed by atoms with E-state index in [2.05, 4.69) is 10.0 Å². The van der Waals surface area contributed by atoms with E-state index in [0.29, 0.717) is 12.0 Å². The fraction of sp³-hybridized carbons (Fsp3) is 0.600. The van der Waals surface area contributed by atoms with Crippen LogP contribution in [0.4, 0.5) is 5.00 Å². The third kappa shape index (κ3) is 6.73. The number of anilines is 1. The van der Waals surface area contributed by atoms with E-state index in [1.54, 1.807) is 20.8 Å². The number of carbonyl (C=O) groups excluding carboxylic acids is 1. The molecule has 0 unspecified atom stereocenters. The highest BCUT2D eigenvalue weighted by Gasteiger charge is 2.22. The van der Waals surface area contributed by atoms with E-state index in [0.717, 1.165) is 16.2 Å². The molecule has 3 N–H and O–H groups in total. The highest BCUT2D eigenvalue weighted by Crippen LogP contribution is 2.33. The third-order valence-electron chi connectivity index (χ3n) is 3.29. The number of thiophene rings is 1. The molecule has 0 aromatic carbocycles. The molecule has 0 saturated carbocycles. The molecule has 0 saturated heterocycles. The largest absolute Gasteiger partial charge is 0.478 e. The molecule has 0 aliphatic rings. The lowest BCUT2D eigenvalue weighted by atomic mass is 10.1. The normalized spacial score (nSPS) is 11.7. The zero-order valence-corrected chi connectivity index (χ0v) is 16.3. The SMILES string of the molecule is CCc1c(C)sc(NC(=O)CNS(=O)(=O)CCOC(C)C)c1C(=O)O. The maximum atomic E-state index is 12.0. The van der Waals surface area contributed by atoms with E-state index in [1.165, 1.54) is 0 Å². The van der Waals surface area contributed by atoms with Gasteiger partial charge in [-0.15, -0.1) is 11.3 Å². The minimum Gasteiger partial charge on any atom is -0.478 e. The lowest BCUT2D eigenvalue weighted by Gasteiger charge is -2.09. The summed E-state index contributed by atoms with van der Waals surface area (Å²) in [6, 6.07) is 0. The van der Waals surface area contributed by atoms with Gasteiger partial charge >= 0.3 is 5.97 Å². The predicted molar refractivity (Wildman–Crippen MR) is 96.9 cm³/mol. The highest BCUT2D eigenvalue weighted by molar-refractivity contribution is 7.89. The summed E-state index contributed by atoms with van der Waals surface area (Å²) in [5.74, 6) is -2.00. The van der Waals surface area contributed by atoms with Gasteiger partial charge in [0.2, 0.25) is 15.9 Å². The number of carbonyl (C=O) groups is 2. The Kier molecular flexibility index (Phi) is 8.00. The number of carboxylic acids is 1. The van der Waals surface area contributed by atoms with E-state index in [-0.39, 0.29) is 29.0 Å². The van der Waals surface area contributed by atoms with Gasteiger partial charge in [-0.3, -0.25) is 4.79 Å². The van der Waals surface area contributed by atoms with E-state index in [1.807, 2.05) is 6.92 Å². The first kappa shape index (κ1) is 21.6. The third-order valence-corrected chi connectivity index (χ3v) is 5.64. The molecule has 142 valence electrons. The number of rotatable bonds is 10. The average Bonchev–Trinajstić information content (AvgIpc) is 2.80.